The van der Waals surface area contributed by atoms with Gasteiger partial charge in [0.15, 0.2) is 6.61 Å². The number of hydrogen-bond donors (Lipinski definition) is 2. The summed E-state index contributed by atoms with van der Waals surface area (Å²) in [5.74, 6) is 0.307. The number of primary sulfonamides is 1. The fourth-order valence-electron chi connectivity index (χ4n) is 6.84. The van der Waals surface area contributed by atoms with E-state index in [0.717, 1.165) is 32.1 Å². The van der Waals surface area contributed by atoms with Gasteiger partial charge in [0.1, 0.15) is 0 Å². The van der Waals surface area contributed by atoms with Gasteiger partial charge in [-0.1, -0.05) is 30.3 Å². The van der Waals surface area contributed by atoms with Crippen LogP contribution in [0.25, 0.3) is 0 Å². The van der Waals surface area contributed by atoms with Gasteiger partial charge in [-0.25, -0.2) is 13.6 Å². The van der Waals surface area contributed by atoms with Crippen molar-refractivity contribution in [1.82, 2.24) is 0 Å². The van der Waals surface area contributed by atoms with Gasteiger partial charge < -0.3 is 10.1 Å². The Morgan fingerprint density at radius 3 is 2.21 bits per heavy atom. The minimum Gasteiger partial charge on any atom is -0.455 e. The Hall–Kier alpha value is -2.71. The lowest BCUT2D eigenvalue weighted by molar-refractivity contribution is -0.175. The largest absolute Gasteiger partial charge is 0.455 e. The molecule has 4 aliphatic rings. The second-order valence-electron chi connectivity index (χ2n) is 10.1. The van der Waals surface area contributed by atoms with Crippen molar-refractivity contribution in [1.29, 1.82) is 0 Å². The molecule has 174 valence electrons. The molecule has 6 rings (SSSR count). The van der Waals surface area contributed by atoms with Gasteiger partial charge in [-0.05, 0) is 85.6 Å². The third-order valence-corrected chi connectivity index (χ3v) is 8.61. The zero-order valence-electron chi connectivity index (χ0n) is 18.3. The van der Waals surface area contributed by atoms with Crippen molar-refractivity contribution < 1.29 is 22.7 Å². The molecular weight excluding hydrogens is 440 g/mol. The molecule has 2 aromatic rings. The summed E-state index contributed by atoms with van der Waals surface area (Å²) in [5, 5.41) is 7.72. The van der Waals surface area contributed by atoms with Crippen LogP contribution in [-0.4, -0.2) is 26.9 Å². The SMILES string of the molecule is NS(=O)(=O)c1ccc(NC(=O)COC(=O)C23C[C@H]4C[C@H](C2)CC(c2ccccc2)(C4)C3)cc1. The van der Waals surface area contributed by atoms with Crippen molar-refractivity contribution in [3.8, 4) is 0 Å². The van der Waals surface area contributed by atoms with E-state index in [9.17, 15) is 18.0 Å². The van der Waals surface area contributed by atoms with E-state index >= 15 is 0 Å². The summed E-state index contributed by atoms with van der Waals surface area (Å²) in [6.45, 7) is -0.370. The molecule has 4 aliphatic carbocycles. The first-order chi connectivity index (χ1) is 15.7. The molecule has 7 nitrogen and oxygen atoms in total. The van der Waals surface area contributed by atoms with E-state index < -0.39 is 21.3 Å². The molecule has 0 radical (unpaired) electrons. The normalized spacial score (nSPS) is 30.1. The van der Waals surface area contributed by atoms with Crippen LogP contribution in [0.2, 0.25) is 0 Å². The van der Waals surface area contributed by atoms with Gasteiger partial charge in [0.05, 0.1) is 10.3 Å². The first kappa shape index (κ1) is 22.1. The summed E-state index contributed by atoms with van der Waals surface area (Å²) in [5.41, 5.74) is 1.23. The third kappa shape index (κ3) is 4.17. The number of rotatable bonds is 6. The van der Waals surface area contributed by atoms with E-state index in [2.05, 4.69) is 29.6 Å². The Bertz CT molecular complexity index is 1160. The number of carbonyl (C=O) groups excluding carboxylic acids is 2. The predicted molar refractivity (Wildman–Crippen MR) is 123 cm³/mol. The molecule has 2 aromatic carbocycles. The molecule has 0 aliphatic heterocycles. The van der Waals surface area contributed by atoms with Crippen LogP contribution in [0.3, 0.4) is 0 Å². The Morgan fingerprint density at radius 1 is 0.970 bits per heavy atom. The molecule has 0 saturated heterocycles. The quantitative estimate of drug-likeness (QED) is 0.631. The molecule has 4 saturated carbocycles. The summed E-state index contributed by atoms with van der Waals surface area (Å²) < 4.78 is 28.3. The fourth-order valence-corrected chi connectivity index (χ4v) is 7.36. The van der Waals surface area contributed by atoms with Crippen molar-refractivity contribution in [2.75, 3.05) is 11.9 Å². The lowest BCUT2D eigenvalue weighted by Crippen LogP contribution is -2.57. The number of nitrogens with two attached hydrogens (primary N) is 1. The van der Waals surface area contributed by atoms with Gasteiger partial charge in [-0.15, -0.1) is 0 Å². The standard InChI is InChI=1S/C25H28N2O5S/c26-33(30,31)21-8-6-20(7-9-21)27-22(28)15-32-23(29)25-13-17-10-18(14-25)12-24(11-17,16-25)19-4-2-1-3-5-19/h1-9,17-18H,10-16H2,(H,27,28)(H2,26,30,31)/t17-,18-,24?,25?/m0/s1. The maximum Gasteiger partial charge on any atom is 0.312 e. The molecule has 4 bridgehead atoms. The number of anilines is 1. The van der Waals surface area contributed by atoms with E-state index in [-0.39, 0.29) is 22.9 Å². The van der Waals surface area contributed by atoms with Crippen LogP contribution in [0.15, 0.2) is 59.5 Å². The summed E-state index contributed by atoms with van der Waals surface area (Å²) in [7, 11) is -3.80. The van der Waals surface area contributed by atoms with Crippen LogP contribution in [0, 0.1) is 17.3 Å². The molecule has 8 heteroatoms. The number of carbonyl (C=O) groups is 2. The van der Waals surface area contributed by atoms with Gasteiger partial charge in [0.25, 0.3) is 5.91 Å². The fraction of sp³-hybridized carbons (Fsp3) is 0.440. The molecule has 4 fully saturated rings. The summed E-state index contributed by atoms with van der Waals surface area (Å²) >= 11 is 0. The number of esters is 1. The maximum atomic E-state index is 13.3. The average Bonchev–Trinajstić information content (AvgIpc) is 2.77. The van der Waals surface area contributed by atoms with Gasteiger partial charge in [0.2, 0.25) is 10.0 Å². The van der Waals surface area contributed by atoms with E-state index in [1.54, 1.807) is 0 Å². The highest BCUT2D eigenvalue weighted by atomic mass is 32.2. The summed E-state index contributed by atoms with van der Waals surface area (Å²) in [4.78, 5) is 25.6. The second-order valence-corrected chi connectivity index (χ2v) is 11.6. The molecule has 2 atom stereocenters. The smallest absolute Gasteiger partial charge is 0.312 e. The van der Waals surface area contributed by atoms with Crippen LogP contribution in [0.5, 0.6) is 0 Å². The van der Waals surface area contributed by atoms with Crippen LogP contribution in [0.4, 0.5) is 5.69 Å². The monoisotopic (exact) mass is 468 g/mol. The van der Waals surface area contributed by atoms with Gasteiger partial charge >= 0.3 is 5.97 Å². The lowest BCUT2D eigenvalue weighted by Gasteiger charge is -2.61. The predicted octanol–water partition coefficient (Wildman–Crippen LogP) is 3.35. The van der Waals surface area contributed by atoms with E-state index in [1.807, 2.05) is 6.07 Å². The Morgan fingerprint density at radius 2 is 1.61 bits per heavy atom. The first-order valence-corrected chi connectivity index (χ1v) is 12.9. The second kappa shape index (κ2) is 7.95. The molecule has 33 heavy (non-hydrogen) atoms. The van der Waals surface area contributed by atoms with Gasteiger partial charge in [-0.2, -0.15) is 0 Å². The minimum absolute atomic E-state index is 0.0255. The van der Waals surface area contributed by atoms with Gasteiger partial charge in [-0.3, -0.25) is 9.59 Å². The molecule has 0 aromatic heterocycles. The summed E-state index contributed by atoms with van der Waals surface area (Å²) in [6.07, 6.45) is 5.89. The van der Waals surface area contributed by atoms with Crippen molar-refractivity contribution in [2.24, 2.45) is 22.4 Å². The number of nitrogens with one attached hydrogen (secondary N) is 1. The average molecular weight is 469 g/mol. The first-order valence-electron chi connectivity index (χ1n) is 11.3. The molecular formula is C25H28N2O5S. The molecule has 0 spiro atoms. The number of ether oxygens (including phenoxy) is 1. The Kier molecular flexibility index (Phi) is 5.33. The zero-order chi connectivity index (χ0) is 23.3. The topological polar surface area (TPSA) is 116 Å². The highest BCUT2D eigenvalue weighted by molar-refractivity contribution is 7.89. The Balaban J connectivity index is 1.25. The van der Waals surface area contributed by atoms with Crippen molar-refractivity contribution >= 4 is 27.6 Å². The van der Waals surface area contributed by atoms with Crippen molar-refractivity contribution in [3.05, 3.63) is 60.2 Å². The molecule has 3 N–H and O–H groups in total. The number of sulfonamides is 1. The van der Waals surface area contributed by atoms with Gasteiger partial charge in [0, 0.05) is 5.69 Å². The van der Waals surface area contributed by atoms with Crippen molar-refractivity contribution in [2.45, 2.75) is 48.8 Å². The number of hydrogen-bond acceptors (Lipinski definition) is 5. The van der Waals surface area contributed by atoms with Crippen LogP contribution in [-0.2, 0) is 29.8 Å². The van der Waals surface area contributed by atoms with Crippen LogP contribution < -0.4 is 10.5 Å². The number of benzene rings is 2. The number of amides is 1. The molecule has 0 unspecified atom stereocenters. The van der Waals surface area contributed by atoms with E-state index in [4.69, 9.17) is 9.88 Å². The molecule has 1 amide bonds. The van der Waals surface area contributed by atoms with Crippen LogP contribution in [0.1, 0.15) is 44.1 Å². The van der Waals surface area contributed by atoms with E-state index in [1.165, 1.54) is 36.2 Å². The van der Waals surface area contributed by atoms with Crippen molar-refractivity contribution in [3.63, 3.8) is 0 Å². The highest BCUT2D eigenvalue weighted by Crippen LogP contribution is 2.66. The van der Waals surface area contributed by atoms with E-state index in [0.29, 0.717) is 17.5 Å². The zero-order valence-corrected chi connectivity index (χ0v) is 19.1. The minimum atomic E-state index is -3.80. The van der Waals surface area contributed by atoms with Crippen LogP contribution >= 0.6 is 0 Å². The molecule has 0 heterocycles. The lowest BCUT2D eigenvalue weighted by atomic mass is 9.43. The highest BCUT2D eigenvalue weighted by Gasteiger charge is 2.61. The summed E-state index contributed by atoms with van der Waals surface area (Å²) in [6, 6.07) is 16.0. The maximum absolute atomic E-state index is 13.3. The Labute approximate surface area is 193 Å². The third-order valence-electron chi connectivity index (χ3n) is 7.68.